The summed E-state index contributed by atoms with van der Waals surface area (Å²) >= 11 is 0. The number of aliphatic imine (C=N–C) groups is 2. The van der Waals surface area contributed by atoms with Crippen LogP contribution in [0, 0.1) is 43.4 Å². The van der Waals surface area contributed by atoms with Crippen molar-refractivity contribution >= 4 is 161 Å². The lowest BCUT2D eigenvalue weighted by Gasteiger charge is -2.40. The molecule has 5 aliphatic rings. The number of hydrazine groups is 1. The number of aliphatic hydroxyl groups excluding tert-OH is 4. The number of hydrogen-bond donors (Lipinski definition) is 20. The van der Waals surface area contributed by atoms with E-state index < -0.39 is 223 Å². The molecule has 47 heteroatoms. The number of anilines is 2. The monoisotopic (exact) mass is 1770 g/mol. The minimum atomic E-state index is -4.60. The van der Waals surface area contributed by atoms with Crippen LogP contribution in [0.5, 0.6) is 0 Å². The maximum atomic E-state index is 14.8. The van der Waals surface area contributed by atoms with E-state index in [1.165, 1.54) is 37.4 Å². The standard InChI is InChI=1S/C76H94N18O26S3/c1-8-38-30(2)41-23-46-55(34(6)96)32(4)43(83-46)21-42-31(3)39(59(86-42)57-58(73(112)118-7)64(102)56-33(5)44(87-60(56)57)22-45(38)82-41)13-15-51(97)85-48(25-54(100)90-61-65(103)63(101)50(28-95)120-74(61)113)69(106)93-94-76(114)119-18-19-121-122-29-49(72(110)111)89-68(105)47(24-53(99)78-17-20-123(115,116)117)84-52(98)16-14-40(71(108)109)88-67(104)35-9-11-36(12-10-35)79-26-37-27-80-66-62(81-37)70(107)92-75(77)91-66/h9-12,21,23,27,30-31,38-40,45,47-50,58,61,63,65,74,79,83,87,95,101,103,113H,8,13-20,22,24-26,28-29H2,1-7H3,(H,78,99)(H,84,98)(H,85,97)(H,88,104)(H,89,105)(H,90,100)(H,93,106)(H,94,114)(H,108,109)(H,110,111)(H,115,116,117)(H3,77,80,91,92,107)/b43-21-,46-23-,59-57-/t30-,31+,38-,39+,40+,45?,47+,48?,49+,50?,58?,61?,63?,65?,74?/m1/s1. The number of aromatic nitrogens is 6. The Kier molecular flexibility index (Phi) is 31.0. The minimum absolute atomic E-state index is 0.0155. The molecule has 0 radical (unpaired) electrons. The average molecular weight is 1770 g/mol. The zero-order chi connectivity index (χ0) is 89.7. The number of nitrogens with two attached hydrogens (primary N) is 1. The minimum Gasteiger partial charge on any atom is -0.480 e. The van der Waals surface area contributed by atoms with E-state index in [4.69, 9.17) is 29.9 Å². The molecule has 4 aliphatic heterocycles. The molecule has 8 amide bonds. The van der Waals surface area contributed by atoms with Crippen molar-refractivity contribution in [3.63, 3.8) is 0 Å². The Morgan fingerprint density at radius 3 is 2.13 bits per heavy atom. The number of ketones is 2. The van der Waals surface area contributed by atoms with E-state index in [0.29, 0.717) is 62.3 Å². The first-order chi connectivity index (χ1) is 58.3. The van der Waals surface area contributed by atoms with Gasteiger partial charge in [-0.15, -0.1) is 0 Å². The van der Waals surface area contributed by atoms with Gasteiger partial charge in [0.25, 0.3) is 27.5 Å². The first kappa shape index (κ1) is 93.4. The van der Waals surface area contributed by atoms with Gasteiger partial charge < -0.3 is 97.8 Å². The van der Waals surface area contributed by atoms with Gasteiger partial charge in [0.15, 0.2) is 29.0 Å². The molecule has 8 heterocycles. The number of carbonyl (C=O) groups is 13. The Balaban J connectivity index is 0.762. The van der Waals surface area contributed by atoms with Gasteiger partial charge in [-0.05, 0) is 87.1 Å². The van der Waals surface area contributed by atoms with E-state index in [2.05, 4.69) is 81.0 Å². The van der Waals surface area contributed by atoms with Gasteiger partial charge in [0.1, 0.15) is 61.0 Å². The highest BCUT2D eigenvalue weighted by Crippen LogP contribution is 2.49. The normalized spacial score (nSPS) is 22.9. The number of nitrogens with one attached hydrogen (secondary N) is 12. The number of H-pyrrole nitrogens is 3. The van der Waals surface area contributed by atoms with Gasteiger partial charge in [0.2, 0.25) is 35.5 Å². The quantitative estimate of drug-likeness (QED) is 0.00359. The summed E-state index contributed by atoms with van der Waals surface area (Å²) in [5.41, 5.74) is 14.3. The second-order valence-corrected chi connectivity index (χ2v) is 33.9. The number of carboxylic acid groups (broad SMARTS) is 2. The largest absolute Gasteiger partial charge is 0.480 e. The summed E-state index contributed by atoms with van der Waals surface area (Å²) in [4.78, 5) is 220. The van der Waals surface area contributed by atoms with Crippen LogP contribution >= 0.6 is 21.6 Å². The van der Waals surface area contributed by atoms with Crippen molar-refractivity contribution in [1.29, 1.82) is 0 Å². The number of nitrogen functional groups attached to an aromatic ring is 1. The number of aliphatic hydroxyl groups is 4. The highest BCUT2D eigenvalue weighted by atomic mass is 33.1. The number of hydrogen-bond acceptors (Lipinski definition) is 32. The Labute approximate surface area is 707 Å². The molecule has 1 aliphatic carbocycles. The molecule has 8 bridgehead atoms. The molecule has 0 spiro atoms. The molecule has 123 heavy (non-hydrogen) atoms. The van der Waals surface area contributed by atoms with Crippen LogP contribution in [-0.2, 0) is 80.4 Å². The Morgan fingerprint density at radius 1 is 0.780 bits per heavy atom. The smallest absolute Gasteiger partial charge is 0.426 e. The lowest BCUT2D eigenvalue weighted by atomic mass is 9.83. The molecule has 21 N–H and O–H groups in total. The molecule has 1 aromatic carbocycles. The SMILES string of the molecule is CC[C@H]1C2Cc3[nH]c4c(c3C)C(=O)C(C(=O)OC)/C4=C3N=C(/C=c4\[nH]/c(c(C(C)=O)c4C)=C\C(=N2)[C@@H]1C)[C@@H](C)[C@@H]/3CCC(=O)NC(CC(=O)NC1C(O)OC(CO)C(O)C1O)C(=O)NNC(=O)OCCSSC[C@H](NC(=O)[C@H](CC(=O)NCCS(=O)(=O)O)NC(=O)CC[C@H](NC(=O)c1ccc(NCc2cnc3nc(N)[nH]c(=O)c3n2)cc1)C(=O)O)C(=O)O. The van der Waals surface area contributed by atoms with Gasteiger partial charge in [-0.3, -0.25) is 77.7 Å². The Morgan fingerprint density at radius 2 is 1.46 bits per heavy atom. The Hall–Kier alpha value is -11.9. The van der Waals surface area contributed by atoms with Crippen molar-refractivity contribution in [3.8, 4) is 0 Å². The van der Waals surface area contributed by atoms with Crippen LogP contribution < -0.4 is 70.1 Å². The molecule has 1 saturated heterocycles. The summed E-state index contributed by atoms with van der Waals surface area (Å²) < 4.78 is 47.5. The summed E-state index contributed by atoms with van der Waals surface area (Å²) in [6, 6.07) is -3.70. The summed E-state index contributed by atoms with van der Waals surface area (Å²) in [5, 5.41) is 79.6. The third-order valence-corrected chi connectivity index (χ3v) is 24.6. The van der Waals surface area contributed by atoms with Crippen molar-refractivity contribution in [1.82, 2.24) is 72.7 Å². The predicted octanol–water partition coefficient (Wildman–Crippen LogP) is -3.09. The van der Waals surface area contributed by atoms with Crippen LogP contribution in [0.4, 0.5) is 16.4 Å². The number of benzene rings is 1. The molecule has 662 valence electrons. The fourth-order valence-electron chi connectivity index (χ4n) is 15.1. The fourth-order valence-corrected chi connectivity index (χ4v) is 17.4. The van der Waals surface area contributed by atoms with E-state index in [9.17, 15) is 111 Å². The van der Waals surface area contributed by atoms with E-state index in [-0.39, 0.29) is 81.9 Å². The maximum absolute atomic E-state index is 14.8. The van der Waals surface area contributed by atoms with Crippen molar-refractivity contribution in [2.24, 2.45) is 39.6 Å². The van der Waals surface area contributed by atoms with Crippen LogP contribution in [-0.4, -0.2) is 267 Å². The number of carboxylic acids is 2. The number of aromatic amines is 3. The van der Waals surface area contributed by atoms with Gasteiger partial charge in [0, 0.05) is 105 Å². The average Bonchev–Trinajstić information content (AvgIpc) is 1.56. The van der Waals surface area contributed by atoms with Gasteiger partial charge in [-0.2, -0.15) is 13.4 Å². The van der Waals surface area contributed by atoms with Crippen LogP contribution in [0.25, 0.3) is 28.9 Å². The summed E-state index contributed by atoms with van der Waals surface area (Å²) in [7, 11) is -1.75. The Bertz CT molecular complexity index is 5400. The molecule has 10 rings (SSSR count). The number of fused-ring (bicyclic) bond motifs is 6. The lowest BCUT2D eigenvalue weighted by molar-refractivity contribution is -0.253. The second kappa shape index (κ2) is 40.9. The topological polar surface area (TPSA) is 687 Å². The molecule has 8 unspecified atom stereocenters. The molecule has 5 aromatic rings. The second-order valence-electron chi connectivity index (χ2n) is 29.7. The third-order valence-electron chi connectivity index (χ3n) is 21.5. The summed E-state index contributed by atoms with van der Waals surface area (Å²) in [6.07, 6.45) is -6.31. The number of Topliss-reactive ketones (excluding diaryl/α,β-unsaturated/α-hetero) is 2. The van der Waals surface area contributed by atoms with Gasteiger partial charge >= 0.3 is 24.0 Å². The van der Waals surface area contributed by atoms with Crippen LogP contribution in [0.2, 0.25) is 0 Å². The number of methoxy groups -OCH3 is 1. The van der Waals surface area contributed by atoms with Crippen molar-refractivity contribution in [3.05, 3.63) is 102 Å². The highest BCUT2D eigenvalue weighted by Gasteiger charge is 2.50. The molecule has 1 fully saturated rings. The van der Waals surface area contributed by atoms with Crippen molar-refractivity contribution < 1.29 is 120 Å². The van der Waals surface area contributed by atoms with Gasteiger partial charge in [-0.1, -0.05) is 48.8 Å². The molecular weight excluding hydrogens is 1680 g/mol. The zero-order valence-electron chi connectivity index (χ0n) is 67.2. The molecule has 0 saturated carbocycles. The fraction of sp³-hybridized carbons (Fsp3) is 0.487. The van der Waals surface area contributed by atoms with Crippen molar-refractivity contribution in [2.45, 2.75) is 160 Å². The number of amides is 8. The van der Waals surface area contributed by atoms with Crippen molar-refractivity contribution in [2.75, 3.05) is 55.2 Å². The molecule has 15 atom stereocenters. The first-order valence-electron chi connectivity index (χ1n) is 38.7. The van der Waals surface area contributed by atoms with Crippen LogP contribution in [0.1, 0.15) is 132 Å². The van der Waals surface area contributed by atoms with E-state index in [0.717, 1.165) is 40.8 Å². The number of allylic oxidation sites excluding steroid dienone is 1. The molecule has 44 nitrogen and oxygen atoms in total. The molecule has 4 aromatic heterocycles. The van der Waals surface area contributed by atoms with E-state index in [1.807, 2.05) is 23.9 Å². The van der Waals surface area contributed by atoms with Gasteiger partial charge in [0.05, 0.1) is 73.5 Å². The van der Waals surface area contributed by atoms with Crippen LogP contribution in [0.3, 0.4) is 0 Å². The number of nitrogens with zero attached hydrogens (tertiary/aromatic N) is 5. The maximum Gasteiger partial charge on any atom is 0.426 e. The number of aliphatic carboxylic acids is 2. The van der Waals surface area contributed by atoms with Gasteiger partial charge in [-0.25, -0.2) is 29.8 Å². The van der Waals surface area contributed by atoms with E-state index >= 15 is 0 Å². The van der Waals surface area contributed by atoms with Crippen LogP contribution in [0.15, 0.2) is 50.9 Å². The number of carbonyl (C=O) groups excluding carboxylic acids is 11. The predicted molar refractivity (Wildman–Crippen MR) is 439 cm³/mol. The summed E-state index contributed by atoms with van der Waals surface area (Å²) in [6.45, 7) is 9.06. The number of ether oxygens (including phenoxy) is 3. The molecular formula is C76H94N18O26S3. The summed E-state index contributed by atoms with van der Waals surface area (Å²) in [5.74, 6) is -17.0. The lowest BCUT2D eigenvalue weighted by Crippen LogP contribution is -2.64. The highest BCUT2D eigenvalue weighted by molar-refractivity contribution is 8.76. The number of esters is 1. The number of rotatable bonds is 36. The van der Waals surface area contributed by atoms with E-state index in [1.54, 1.807) is 19.9 Å². The third kappa shape index (κ3) is 22.9. The zero-order valence-corrected chi connectivity index (χ0v) is 69.7. The first-order valence-corrected chi connectivity index (χ1v) is 42.8.